The van der Waals surface area contributed by atoms with E-state index < -0.39 is 0 Å². The summed E-state index contributed by atoms with van der Waals surface area (Å²) < 4.78 is 11.9. The Balaban J connectivity index is 2.13. The van der Waals surface area contributed by atoms with Crippen molar-refractivity contribution in [1.29, 1.82) is 0 Å². The van der Waals surface area contributed by atoms with Gasteiger partial charge >= 0.3 is 0 Å². The molecule has 0 unspecified atom stereocenters. The van der Waals surface area contributed by atoms with Crippen molar-refractivity contribution in [2.24, 2.45) is 0 Å². The highest BCUT2D eigenvalue weighted by atomic mass is 16.7. The average molecular weight is 250 g/mol. The summed E-state index contributed by atoms with van der Waals surface area (Å²) in [5.41, 5.74) is 2.80. The van der Waals surface area contributed by atoms with E-state index in [0.29, 0.717) is 0 Å². The first kappa shape index (κ1) is 13.8. The molecule has 0 amide bonds. The van der Waals surface area contributed by atoms with Gasteiger partial charge < -0.3 is 9.47 Å². The van der Waals surface area contributed by atoms with Crippen molar-refractivity contribution in [2.45, 2.75) is 77.8 Å². The zero-order valence-electron chi connectivity index (χ0n) is 11.9. The summed E-state index contributed by atoms with van der Waals surface area (Å²) in [6.45, 7) is 6.46. The fraction of sp³-hybridized carbons (Fsp3) is 0.750. The molecule has 2 heteroatoms. The zero-order chi connectivity index (χ0) is 13.0. The highest BCUT2D eigenvalue weighted by molar-refractivity contribution is 5.29. The number of ether oxygens (including phenoxy) is 2. The van der Waals surface area contributed by atoms with Gasteiger partial charge in [0.15, 0.2) is 6.29 Å². The van der Waals surface area contributed by atoms with Gasteiger partial charge in [0.2, 0.25) is 0 Å². The van der Waals surface area contributed by atoms with E-state index in [1.165, 1.54) is 36.8 Å². The first-order valence-corrected chi connectivity index (χ1v) is 7.46. The summed E-state index contributed by atoms with van der Waals surface area (Å²) in [4.78, 5) is 0. The largest absolute Gasteiger partial charge is 0.345 e. The summed E-state index contributed by atoms with van der Waals surface area (Å²) in [5, 5.41) is 0. The van der Waals surface area contributed by atoms with E-state index in [-0.39, 0.29) is 18.5 Å². The molecule has 1 aliphatic carbocycles. The average Bonchev–Trinajstić information content (AvgIpc) is 2.42. The topological polar surface area (TPSA) is 18.5 Å². The third-order valence-corrected chi connectivity index (χ3v) is 3.90. The molecular formula is C16H26O2. The molecule has 2 nitrogen and oxygen atoms in total. The van der Waals surface area contributed by atoms with Gasteiger partial charge in [0.05, 0.1) is 12.2 Å². The molecule has 0 bridgehead atoms. The zero-order valence-corrected chi connectivity index (χ0v) is 11.9. The summed E-state index contributed by atoms with van der Waals surface area (Å²) in [6, 6.07) is 0. The van der Waals surface area contributed by atoms with E-state index in [0.717, 1.165) is 12.8 Å². The summed E-state index contributed by atoms with van der Waals surface area (Å²) in [7, 11) is 0. The van der Waals surface area contributed by atoms with Gasteiger partial charge in [-0.1, -0.05) is 31.6 Å². The summed E-state index contributed by atoms with van der Waals surface area (Å²) in [5.74, 6) is 0. The molecule has 0 aromatic rings. The summed E-state index contributed by atoms with van der Waals surface area (Å²) in [6.07, 6.45) is 12.2. The molecule has 0 aromatic heterocycles. The van der Waals surface area contributed by atoms with Crippen LogP contribution in [-0.2, 0) is 9.47 Å². The second-order valence-corrected chi connectivity index (χ2v) is 5.32. The lowest BCUT2D eigenvalue weighted by Crippen LogP contribution is -2.38. The second kappa shape index (κ2) is 6.53. The maximum atomic E-state index is 5.99. The van der Waals surface area contributed by atoms with Crippen LogP contribution in [0.3, 0.4) is 0 Å². The summed E-state index contributed by atoms with van der Waals surface area (Å²) >= 11 is 0. The molecule has 0 radical (unpaired) electrons. The fourth-order valence-electron chi connectivity index (χ4n) is 2.80. The van der Waals surface area contributed by atoms with Crippen molar-refractivity contribution < 1.29 is 9.47 Å². The van der Waals surface area contributed by atoms with Crippen LogP contribution in [0.2, 0.25) is 0 Å². The van der Waals surface area contributed by atoms with E-state index in [9.17, 15) is 0 Å². The van der Waals surface area contributed by atoms with Crippen LogP contribution in [0.25, 0.3) is 0 Å². The van der Waals surface area contributed by atoms with E-state index in [1.807, 2.05) is 0 Å². The molecule has 18 heavy (non-hydrogen) atoms. The molecule has 2 rings (SSSR count). The van der Waals surface area contributed by atoms with Crippen LogP contribution < -0.4 is 0 Å². The van der Waals surface area contributed by atoms with E-state index in [2.05, 4.69) is 32.9 Å². The van der Waals surface area contributed by atoms with E-state index in [4.69, 9.17) is 9.47 Å². The number of allylic oxidation sites excluding steroid dienone is 3. The third-order valence-electron chi connectivity index (χ3n) is 3.90. The van der Waals surface area contributed by atoms with Crippen LogP contribution >= 0.6 is 0 Å². The fourth-order valence-corrected chi connectivity index (χ4v) is 2.80. The predicted molar refractivity (Wildman–Crippen MR) is 74.4 cm³/mol. The van der Waals surface area contributed by atoms with Crippen molar-refractivity contribution in [3.8, 4) is 0 Å². The normalized spacial score (nSPS) is 35.6. The lowest BCUT2D eigenvalue weighted by atomic mass is 9.93. The molecular weight excluding hydrogens is 224 g/mol. The van der Waals surface area contributed by atoms with Crippen molar-refractivity contribution in [3.63, 3.8) is 0 Å². The second-order valence-electron chi connectivity index (χ2n) is 5.32. The molecule has 3 atom stereocenters. The van der Waals surface area contributed by atoms with Gasteiger partial charge in [0.25, 0.3) is 0 Å². The van der Waals surface area contributed by atoms with Crippen molar-refractivity contribution >= 4 is 0 Å². The Kier molecular flexibility index (Phi) is 5.02. The minimum atomic E-state index is -0.0255. The smallest absolute Gasteiger partial charge is 0.158 e. The molecule has 102 valence electrons. The molecule has 1 aliphatic heterocycles. The van der Waals surface area contributed by atoms with Crippen LogP contribution in [0.4, 0.5) is 0 Å². The number of hydrogen-bond donors (Lipinski definition) is 0. The minimum Gasteiger partial charge on any atom is -0.345 e. The Morgan fingerprint density at radius 2 is 2.06 bits per heavy atom. The van der Waals surface area contributed by atoms with Crippen LogP contribution in [0.5, 0.6) is 0 Å². The molecule has 0 spiro atoms. The quantitative estimate of drug-likeness (QED) is 0.740. The molecule has 1 heterocycles. The third kappa shape index (κ3) is 3.24. The highest BCUT2D eigenvalue weighted by Gasteiger charge is 2.30. The predicted octanol–water partition coefficient (Wildman–Crippen LogP) is 4.36. The maximum Gasteiger partial charge on any atom is 0.158 e. The van der Waals surface area contributed by atoms with E-state index >= 15 is 0 Å². The minimum absolute atomic E-state index is 0.0255. The van der Waals surface area contributed by atoms with Crippen LogP contribution in [0, 0.1) is 0 Å². The molecule has 1 saturated heterocycles. The van der Waals surface area contributed by atoms with Gasteiger partial charge in [0.1, 0.15) is 0 Å². The lowest BCUT2D eigenvalue weighted by Gasteiger charge is -2.36. The Hall–Kier alpha value is -0.600. The van der Waals surface area contributed by atoms with Crippen molar-refractivity contribution in [2.75, 3.05) is 0 Å². The first-order valence-electron chi connectivity index (χ1n) is 7.46. The van der Waals surface area contributed by atoms with Crippen LogP contribution in [-0.4, -0.2) is 18.5 Å². The van der Waals surface area contributed by atoms with Crippen LogP contribution in [0.1, 0.15) is 59.3 Å². The highest BCUT2D eigenvalue weighted by Crippen LogP contribution is 2.30. The van der Waals surface area contributed by atoms with Gasteiger partial charge in [-0.25, -0.2) is 0 Å². The standard InChI is InChI=1S/C16H26O2/c1-4-15-14(11-13-9-7-6-8-10-13)12(3)17-16(5-2)18-15/h9,11-12,15-16H,4-8,10H2,1-3H3/b14-11-/t12-,15-,16-/m1/s1. The van der Waals surface area contributed by atoms with E-state index in [1.54, 1.807) is 0 Å². The molecule has 0 saturated carbocycles. The van der Waals surface area contributed by atoms with Gasteiger partial charge in [-0.15, -0.1) is 0 Å². The monoisotopic (exact) mass is 250 g/mol. The Morgan fingerprint density at radius 3 is 2.67 bits per heavy atom. The molecule has 2 aliphatic rings. The Morgan fingerprint density at radius 1 is 1.22 bits per heavy atom. The lowest BCUT2D eigenvalue weighted by molar-refractivity contribution is -0.211. The van der Waals surface area contributed by atoms with Gasteiger partial charge in [-0.05, 0) is 51.0 Å². The molecule has 1 fully saturated rings. The molecule has 0 N–H and O–H groups in total. The van der Waals surface area contributed by atoms with Gasteiger partial charge in [-0.3, -0.25) is 0 Å². The molecule has 0 aromatic carbocycles. The number of hydrogen-bond acceptors (Lipinski definition) is 2. The van der Waals surface area contributed by atoms with Crippen molar-refractivity contribution in [1.82, 2.24) is 0 Å². The van der Waals surface area contributed by atoms with Gasteiger partial charge in [-0.2, -0.15) is 0 Å². The number of rotatable bonds is 3. The first-order chi connectivity index (χ1) is 8.74. The Labute approximate surface area is 111 Å². The SMILES string of the molecule is CC[C@@H]1O[C@H](C)/C(=C/C2=CCCCC2)[C@@H](CC)O1. The maximum absolute atomic E-state index is 5.99. The van der Waals surface area contributed by atoms with Crippen LogP contribution in [0.15, 0.2) is 23.3 Å². The Bertz CT molecular complexity index is 330. The van der Waals surface area contributed by atoms with Crippen molar-refractivity contribution in [3.05, 3.63) is 23.3 Å². The van der Waals surface area contributed by atoms with Gasteiger partial charge in [0, 0.05) is 0 Å².